The topological polar surface area (TPSA) is 78.9 Å². The Bertz CT molecular complexity index is 781. The maximum Gasteiger partial charge on any atom is 0.306 e. The molecule has 0 rings (SSSR count). The number of rotatable bonds is 41. The molecule has 0 radical (unpaired) electrons. The molecule has 0 saturated carbocycles. The van der Waals surface area contributed by atoms with Gasteiger partial charge in [0.25, 0.3) is 0 Å². The average Bonchev–Trinajstić information content (AvgIpc) is 3.12. The summed E-state index contributed by atoms with van der Waals surface area (Å²) in [5.41, 5.74) is 0. The van der Waals surface area contributed by atoms with E-state index in [1.807, 2.05) is 0 Å². The van der Waals surface area contributed by atoms with Crippen LogP contribution in [0.4, 0.5) is 0 Å². The Morgan fingerprint density at radius 3 is 0.942 bits per heavy atom. The van der Waals surface area contributed by atoms with E-state index in [0.29, 0.717) is 19.3 Å². The molecule has 6 heteroatoms. The fraction of sp³-hybridized carbons (Fsp3) is 0.935. The Hall–Kier alpha value is -1.59. The minimum atomic E-state index is -0.757. The zero-order valence-electron chi connectivity index (χ0n) is 35.3. The molecule has 0 aromatic heterocycles. The van der Waals surface area contributed by atoms with Gasteiger partial charge in [0.05, 0.1) is 0 Å². The van der Waals surface area contributed by atoms with Crippen LogP contribution in [0.5, 0.6) is 0 Å². The number of carbonyl (C=O) groups excluding carboxylic acids is 3. The standard InChI is InChI=1S/C46H88O6/c1-5-7-9-11-13-14-22-26-30-34-38-45(48)51-41-43(40-50-44(47)37-33-29-24-12-10-8-6-2)52-46(49)39-35-31-27-23-20-18-16-15-17-19-21-25-28-32-36-42(3)4/h42-43H,5-41H2,1-4H3/t43-/m1/s1. The van der Waals surface area contributed by atoms with E-state index in [9.17, 15) is 14.4 Å². The summed E-state index contributed by atoms with van der Waals surface area (Å²) in [6.07, 6.45) is 39.5. The molecule has 0 saturated heterocycles. The van der Waals surface area contributed by atoms with Crippen molar-refractivity contribution < 1.29 is 28.6 Å². The van der Waals surface area contributed by atoms with E-state index in [2.05, 4.69) is 27.7 Å². The van der Waals surface area contributed by atoms with Crippen LogP contribution in [0.1, 0.15) is 252 Å². The summed E-state index contributed by atoms with van der Waals surface area (Å²) in [6.45, 7) is 8.96. The molecule has 6 nitrogen and oxygen atoms in total. The van der Waals surface area contributed by atoms with Crippen LogP contribution in [0.15, 0.2) is 0 Å². The van der Waals surface area contributed by atoms with E-state index >= 15 is 0 Å². The smallest absolute Gasteiger partial charge is 0.306 e. The molecule has 0 aliphatic heterocycles. The molecule has 0 fully saturated rings. The molecule has 0 N–H and O–H groups in total. The Kier molecular flexibility index (Phi) is 39.4. The number of hydrogen-bond donors (Lipinski definition) is 0. The zero-order chi connectivity index (χ0) is 38.2. The van der Waals surface area contributed by atoms with Gasteiger partial charge in [-0.2, -0.15) is 0 Å². The molecular weight excluding hydrogens is 648 g/mol. The minimum absolute atomic E-state index is 0.0641. The molecular formula is C46H88O6. The van der Waals surface area contributed by atoms with E-state index in [1.54, 1.807) is 0 Å². The first-order valence-corrected chi connectivity index (χ1v) is 22.9. The molecule has 0 aliphatic carbocycles. The van der Waals surface area contributed by atoms with E-state index < -0.39 is 6.10 Å². The molecule has 0 aliphatic rings. The van der Waals surface area contributed by atoms with Gasteiger partial charge in [-0.25, -0.2) is 0 Å². The predicted octanol–water partition coefficient (Wildman–Crippen LogP) is 14.3. The summed E-state index contributed by atoms with van der Waals surface area (Å²) < 4.78 is 16.6. The SMILES string of the molecule is CCCCCCCCCCCCC(=O)OC[C@@H](COC(=O)CCCCCCCCC)OC(=O)CCCCCCCCCCCCCCCCC(C)C. The summed E-state index contributed by atoms with van der Waals surface area (Å²) in [6, 6.07) is 0. The number of hydrogen-bond acceptors (Lipinski definition) is 6. The normalized spacial score (nSPS) is 11.9. The van der Waals surface area contributed by atoms with Gasteiger partial charge in [-0.3, -0.25) is 14.4 Å². The summed E-state index contributed by atoms with van der Waals surface area (Å²) in [7, 11) is 0. The van der Waals surface area contributed by atoms with Crippen molar-refractivity contribution in [1.29, 1.82) is 0 Å². The van der Waals surface area contributed by atoms with Crippen LogP contribution in [-0.2, 0) is 28.6 Å². The molecule has 0 bridgehead atoms. The third-order valence-electron chi connectivity index (χ3n) is 10.3. The van der Waals surface area contributed by atoms with E-state index in [-0.39, 0.29) is 31.1 Å². The number of carbonyl (C=O) groups is 3. The monoisotopic (exact) mass is 737 g/mol. The average molecular weight is 737 g/mol. The first kappa shape index (κ1) is 50.4. The van der Waals surface area contributed by atoms with Crippen LogP contribution in [0.2, 0.25) is 0 Å². The molecule has 0 amide bonds. The highest BCUT2D eigenvalue weighted by molar-refractivity contribution is 5.71. The van der Waals surface area contributed by atoms with Gasteiger partial charge in [-0.1, -0.05) is 214 Å². The van der Waals surface area contributed by atoms with Gasteiger partial charge < -0.3 is 14.2 Å². The minimum Gasteiger partial charge on any atom is -0.462 e. The second-order valence-corrected chi connectivity index (χ2v) is 16.2. The van der Waals surface area contributed by atoms with Crippen molar-refractivity contribution >= 4 is 17.9 Å². The van der Waals surface area contributed by atoms with Gasteiger partial charge in [0.2, 0.25) is 0 Å². The van der Waals surface area contributed by atoms with E-state index in [4.69, 9.17) is 14.2 Å². The largest absolute Gasteiger partial charge is 0.462 e. The Labute approximate surface area is 323 Å². The molecule has 0 heterocycles. The predicted molar refractivity (Wildman–Crippen MR) is 220 cm³/mol. The van der Waals surface area contributed by atoms with Crippen LogP contribution < -0.4 is 0 Å². The van der Waals surface area contributed by atoms with Crippen molar-refractivity contribution in [3.05, 3.63) is 0 Å². The molecule has 0 aromatic carbocycles. The van der Waals surface area contributed by atoms with Crippen molar-refractivity contribution in [2.24, 2.45) is 5.92 Å². The lowest BCUT2D eigenvalue weighted by atomic mass is 10.0. The molecule has 1 atom stereocenters. The Balaban J connectivity index is 4.22. The Morgan fingerprint density at radius 2 is 0.635 bits per heavy atom. The fourth-order valence-corrected chi connectivity index (χ4v) is 6.80. The third-order valence-corrected chi connectivity index (χ3v) is 10.3. The van der Waals surface area contributed by atoms with Gasteiger partial charge in [-0.05, 0) is 25.2 Å². The van der Waals surface area contributed by atoms with Crippen molar-refractivity contribution in [2.45, 2.75) is 259 Å². The summed E-state index contributed by atoms with van der Waals surface area (Å²) in [4.78, 5) is 37.5. The van der Waals surface area contributed by atoms with Gasteiger partial charge in [0, 0.05) is 19.3 Å². The van der Waals surface area contributed by atoms with Gasteiger partial charge >= 0.3 is 17.9 Å². The van der Waals surface area contributed by atoms with Crippen LogP contribution in [-0.4, -0.2) is 37.2 Å². The lowest BCUT2D eigenvalue weighted by Crippen LogP contribution is -2.30. The van der Waals surface area contributed by atoms with Crippen molar-refractivity contribution in [3.63, 3.8) is 0 Å². The summed E-state index contributed by atoms with van der Waals surface area (Å²) >= 11 is 0. The number of ether oxygens (including phenoxy) is 3. The molecule has 0 aromatic rings. The maximum atomic E-state index is 12.7. The van der Waals surface area contributed by atoms with Crippen LogP contribution in [0.25, 0.3) is 0 Å². The van der Waals surface area contributed by atoms with Crippen molar-refractivity contribution in [3.8, 4) is 0 Å². The third kappa shape index (κ3) is 39.6. The number of esters is 3. The lowest BCUT2D eigenvalue weighted by Gasteiger charge is -2.18. The van der Waals surface area contributed by atoms with Crippen LogP contribution in [0, 0.1) is 5.92 Å². The highest BCUT2D eigenvalue weighted by Gasteiger charge is 2.19. The second-order valence-electron chi connectivity index (χ2n) is 16.2. The quantitative estimate of drug-likeness (QED) is 0.0353. The van der Waals surface area contributed by atoms with Crippen molar-refractivity contribution in [2.75, 3.05) is 13.2 Å². The first-order chi connectivity index (χ1) is 25.4. The molecule has 52 heavy (non-hydrogen) atoms. The molecule has 0 unspecified atom stereocenters. The van der Waals surface area contributed by atoms with Crippen LogP contribution >= 0.6 is 0 Å². The first-order valence-electron chi connectivity index (χ1n) is 22.9. The van der Waals surface area contributed by atoms with Crippen LogP contribution in [0.3, 0.4) is 0 Å². The molecule has 0 spiro atoms. The van der Waals surface area contributed by atoms with Gasteiger partial charge in [0.1, 0.15) is 13.2 Å². The Morgan fingerprint density at radius 1 is 0.365 bits per heavy atom. The summed E-state index contributed by atoms with van der Waals surface area (Å²) in [5.74, 6) is -0.0176. The van der Waals surface area contributed by atoms with Crippen molar-refractivity contribution in [1.82, 2.24) is 0 Å². The lowest BCUT2D eigenvalue weighted by molar-refractivity contribution is -0.167. The van der Waals surface area contributed by atoms with E-state index in [1.165, 1.54) is 148 Å². The highest BCUT2D eigenvalue weighted by atomic mass is 16.6. The maximum absolute atomic E-state index is 12.7. The fourth-order valence-electron chi connectivity index (χ4n) is 6.80. The second kappa shape index (κ2) is 40.6. The number of unbranched alkanes of at least 4 members (excludes halogenated alkanes) is 28. The zero-order valence-corrected chi connectivity index (χ0v) is 35.3. The highest BCUT2D eigenvalue weighted by Crippen LogP contribution is 2.16. The van der Waals surface area contributed by atoms with Gasteiger partial charge in [0.15, 0.2) is 6.10 Å². The summed E-state index contributed by atoms with van der Waals surface area (Å²) in [5, 5.41) is 0. The molecule has 308 valence electrons. The van der Waals surface area contributed by atoms with Gasteiger partial charge in [-0.15, -0.1) is 0 Å². The van der Waals surface area contributed by atoms with E-state index in [0.717, 1.165) is 63.7 Å².